The van der Waals surface area contributed by atoms with Crippen LogP contribution in [0.1, 0.15) is 115 Å². The van der Waals surface area contributed by atoms with Crippen molar-refractivity contribution in [2.75, 3.05) is 6.54 Å². The molecule has 0 aliphatic carbocycles. The first-order chi connectivity index (χ1) is 14.1. The van der Waals surface area contributed by atoms with Crippen LogP contribution < -0.4 is 10.6 Å². The van der Waals surface area contributed by atoms with Crippen molar-refractivity contribution in [3.8, 4) is 0 Å². The third-order valence-corrected chi connectivity index (χ3v) is 7.66. The van der Waals surface area contributed by atoms with E-state index in [0.29, 0.717) is 12.1 Å². The minimum Gasteiger partial charge on any atom is -0.313 e. The van der Waals surface area contributed by atoms with Crippen LogP contribution in [-0.4, -0.2) is 66.9 Å². The van der Waals surface area contributed by atoms with Gasteiger partial charge in [-0.1, -0.05) is 13.8 Å². The van der Waals surface area contributed by atoms with E-state index in [4.69, 9.17) is 0 Å². The van der Waals surface area contributed by atoms with E-state index in [0.717, 1.165) is 38.6 Å². The molecule has 2 aliphatic rings. The molecule has 0 aromatic rings. The van der Waals surface area contributed by atoms with Crippen molar-refractivity contribution in [3.05, 3.63) is 0 Å². The van der Waals surface area contributed by atoms with Gasteiger partial charge in [-0.05, 0) is 107 Å². The lowest BCUT2D eigenvalue weighted by molar-refractivity contribution is -0.247. The first kappa shape index (κ1) is 28.0. The molecule has 0 bridgehead atoms. The topological polar surface area (TPSA) is 71.0 Å². The predicted molar refractivity (Wildman–Crippen MR) is 133 cm³/mol. The highest BCUT2D eigenvalue weighted by molar-refractivity contribution is 5.02. The second kappa shape index (κ2) is 8.76. The number of rotatable bonds is 7. The van der Waals surface area contributed by atoms with Gasteiger partial charge in [-0.3, -0.25) is 0 Å². The lowest BCUT2D eigenvalue weighted by Gasteiger charge is -2.53. The number of piperidine rings is 2. The molecule has 0 aromatic heterocycles. The summed E-state index contributed by atoms with van der Waals surface area (Å²) in [6, 6.07) is 0.770. The molecule has 6 heteroatoms. The molecule has 2 aliphatic heterocycles. The quantitative estimate of drug-likeness (QED) is 0.425. The molecule has 2 fully saturated rings. The highest BCUT2D eigenvalue weighted by atomic mass is 16.5. The number of nitrogens with one attached hydrogen (secondary N) is 2. The van der Waals surface area contributed by atoms with Gasteiger partial charge in [0.05, 0.1) is 0 Å². The highest BCUT2D eigenvalue weighted by Gasteiger charge is 2.47. The summed E-state index contributed by atoms with van der Waals surface area (Å²) in [7, 11) is 0. The Morgan fingerprint density at radius 3 is 1.41 bits per heavy atom. The molecular weight excluding hydrogens is 400 g/mol. The van der Waals surface area contributed by atoms with Crippen molar-refractivity contribution in [2.24, 2.45) is 5.41 Å². The summed E-state index contributed by atoms with van der Waals surface area (Å²) in [5.74, 6) is 0. The number of hydroxylamine groups is 4. The number of hydrogen-bond acceptors (Lipinski definition) is 6. The third kappa shape index (κ3) is 6.67. The Hall–Kier alpha value is -0.240. The van der Waals surface area contributed by atoms with Gasteiger partial charge in [0.15, 0.2) is 0 Å². The SMILES string of the molecule is CC(C)(CNC1CC(C)(C)N(O)C(C)(C)C1)CC(C)(C)NC1CC(C)(C)N(O)C(C)(C)C1. The maximum atomic E-state index is 10.6. The zero-order valence-electron chi connectivity index (χ0n) is 23.2. The van der Waals surface area contributed by atoms with E-state index in [1.54, 1.807) is 10.1 Å². The Bertz CT molecular complexity index is 618. The van der Waals surface area contributed by atoms with Gasteiger partial charge >= 0.3 is 0 Å². The lowest BCUT2D eigenvalue weighted by Crippen LogP contribution is -2.64. The van der Waals surface area contributed by atoms with E-state index in [-0.39, 0.29) is 33.1 Å². The minimum atomic E-state index is -0.242. The van der Waals surface area contributed by atoms with E-state index in [2.05, 4.69) is 93.7 Å². The van der Waals surface area contributed by atoms with Gasteiger partial charge in [0.1, 0.15) is 0 Å². The molecule has 2 heterocycles. The largest absolute Gasteiger partial charge is 0.313 e. The second-order valence-corrected chi connectivity index (χ2v) is 14.8. The fraction of sp³-hybridized carbons (Fsp3) is 1.00. The first-order valence-electron chi connectivity index (χ1n) is 12.6. The van der Waals surface area contributed by atoms with E-state index >= 15 is 0 Å². The van der Waals surface area contributed by atoms with Crippen LogP contribution in [0.15, 0.2) is 0 Å². The molecule has 4 N–H and O–H groups in total. The third-order valence-electron chi connectivity index (χ3n) is 7.66. The van der Waals surface area contributed by atoms with Crippen molar-refractivity contribution in [2.45, 2.75) is 155 Å². The average molecular weight is 455 g/mol. The molecule has 0 atom stereocenters. The van der Waals surface area contributed by atoms with E-state index in [1.807, 2.05) is 0 Å². The molecule has 6 nitrogen and oxygen atoms in total. The number of hydrogen-bond donors (Lipinski definition) is 4. The Kier molecular flexibility index (Phi) is 7.67. The van der Waals surface area contributed by atoms with E-state index in [9.17, 15) is 10.4 Å². The van der Waals surface area contributed by atoms with Gasteiger partial charge in [0.2, 0.25) is 0 Å². The molecule has 0 spiro atoms. The first-order valence-corrected chi connectivity index (χ1v) is 12.6. The van der Waals surface area contributed by atoms with E-state index < -0.39 is 0 Å². The Labute approximate surface area is 198 Å². The average Bonchev–Trinajstić information content (AvgIpc) is 2.53. The zero-order chi connectivity index (χ0) is 25.0. The number of nitrogens with zero attached hydrogens (tertiary/aromatic N) is 2. The summed E-state index contributed by atoms with van der Waals surface area (Å²) in [6.45, 7) is 27.3. The molecule has 2 saturated heterocycles. The van der Waals surface area contributed by atoms with Gasteiger partial charge in [-0.25, -0.2) is 0 Å². The Balaban J connectivity index is 1.97. The van der Waals surface area contributed by atoms with E-state index in [1.165, 1.54) is 0 Å². The molecule has 0 amide bonds. The molecule has 32 heavy (non-hydrogen) atoms. The van der Waals surface area contributed by atoms with Crippen molar-refractivity contribution in [1.82, 2.24) is 20.8 Å². The maximum absolute atomic E-state index is 10.6. The fourth-order valence-corrected chi connectivity index (χ4v) is 7.07. The van der Waals surface area contributed by atoms with Crippen LogP contribution in [0.2, 0.25) is 0 Å². The fourth-order valence-electron chi connectivity index (χ4n) is 7.07. The normalized spacial score (nSPS) is 27.6. The maximum Gasteiger partial charge on any atom is 0.0425 e. The molecular formula is C26H54N4O2. The van der Waals surface area contributed by atoms with Gasteiger partial charge in [-0.15, -0.1) is 0 Å². The van der Waals surface area contributed by atoms with Gasteiger partial charge in [0.25, 0.3) is 0 Å². The summed E-state index contributed by atoms with van der Waals surface area (Å²) in [4.78, 5) is 0. The molecule has 190 valence electrons. The van der Waals surface area contributed by atoms with Gasteiger partial charge < -0.3 is 21.0 Å². The predicted octanol–water partition coefficient (Wildman–Crippen LogP) is 5.18. The van der Waals surface area contributed by atoms with Crippen LogP contribution in [0.4, 0.5) is 0 Å². The lowest BCUT2D eigenvalue weighted by atomic mass is 9.75. The summed E-state index contributed by atoms with van der Waals surface area (Å²) >= 11 is 0. The minimum absolute atomic E-state index is 0.00730. The van der Waals surface area contributed by atoms with Crippen molar-refractivity contribution >= 4 is 0 Å². The van der Waals surface area contributed by atoms with Crippen LogP contribution in [0.25, 0.3) is 0 Å². The van der Waals surface area contributed by atoms with Crippen molar-refractivity contribution < 1.29 is 10.4 Å². The standard InChI is InChI=1S/C26H54N4O2/c1-21(2,18-27-19-13-23(5,6)29(31)24(7,8)14-19)17-22(3,4)28-20-15-25(9,10)30(32)26(11,12)16-20/h19-20,27-28,31-32H,13-18H2,1-12H3. The van der Waals surface area contributed by atoms with Gasteiger partial charge in [0, 0.05) is 46.3 Å². The smallest absolute Gasteiger partial charge is 0.0425 e. The van der Waals surface area contributed by atoms with Gasteiger partial charge in [-0.2, -0.15) is 10.1 Å². The van der Waals surface area contributed by atoms with Crippen molar-refractivity contribution in [1.29, 1.82) is 0 Å². The molecule has 2 rings (SSSR count). The molecule has 0 unspecified atom stereocenters. The molecule has 0 aromatic carbocycles. The second-order valence-electron chi connectivity index (χ2n) is 14.8. The van der Waals surface area contributed by atoms with Crippen LogP contribution in [0.5, 0.6) is 0 Å². The van der Waals surface area contributed by atoms with Crippen LogP contribution in [-0.2, 0) is 0 Å². The van der Waals surface area contributed by atoms with Crippen LogP contribution in [0, 0.1) is 5.41 Å². The van der Waals surface area contributed by atoms with Crippen LogP contribution in [0.3, 0.4) is 0 Å². The molecule has 0 radical (unpaired) electrons. The molecule has 0 saturated carbocycles. The summed E-state index contributed by atoms with van der Waals surface area (Å²) in [5, 5.41) is 32.1. The van der Waals surface area contributed by atoms with Crippen molar-refractivity contribution in [3.63, 3.8) is 0 Å². The van der Waals surface area contributed by atoms with Crippen LogP contribution >= 0.6 is 0 Å². The zero-order valence-corrected chi connectivity index (χ0v) is 23.2. The summed E-state index contributed by atoms with van der Waals surface area (Å²) in [6.07, 6.45) is 4.79. The Morgan fingerprint density at radius 1 is 0.688 bits per heavy atom. The monoisotopic (exact) mass is 454 g/mol. The summed E-state index contributed by atoms with van der Waals surface area (Å²) < 4.78 is 0. The Morgan fingerprint density at radius 2 is 1.03 bits per heavy atom. The highest BCUT2D eigenvalue weighted by Crippen LogP contribution is 2.39. The summed E-state index contributed by atoms with van der Waals surface area (Å²) in [5.41, 5.74) is -0.824.